The summed E-state index contributed by atoms with van der Waals surface area (Å²) in [4.78, 5) is 30.2. The number of piperazine rings is 1. The van der Waals surface area contributed by atoms with Crippen LogP contribution in [0.5, 0.6) is 0 Å². The van der Waals surface area contributed by atoms with Crippen LogP contribution in [-0.2, 0) is 0 Å². The Bertz CT molecular complexity index is 1160. The first-order valence-corrected chi connectivity index (χ1v) is 10.3. The molecule has 4 heterocycles. The Morgan fingerprint density at radius 3 is 2.43 bits per heavy atom. The number of hydrogen-bond donors (Lipinski definition) is 1. The minimum absolute atomic E-state index is 0.231. The average molecular weight is 418 g/mol. The van der Waals surface area contributed by atoms with Gasteiger partial charge in [0, 0.05) is 37.9 Å². The van der Waals surface area contributed by atoms with E-state index in [-0.39, 0.29) is 5.91 Å². The molecule has 1 N–H and O–H groups in total. The van der Waals surface area contributed by atoms with E-state index in [0.717, 1.165) is 49.2 Å². The molecule has 9 nitrogen and oxygen atoms in total. The number of nitrogens with zero attached hydrogens (tertiary/aromatic N) is 7. The van der Waals surface area contributed by atoms with Gasteiger partial charge in [0.25, 0.3) is 5.91 Å². The molecule has 5 rings (SSSR count). The summed E-state index contributed by atoms with van der Waals surface area (Å²) in [5.41, 5.74) is 2.56. The molecule has 3 aromatic heterocycles. The van der Waals surface area contributed by atoms with Gasteiger partial charge in [-0.1, -0.05) is 6.07 Å². The number of carbonyl (C=O) groups excluding carboxylic acids is 1. The van der Waals surface area contributed by atoms with Crippen molar-refractivity contribution >= 4 is 46.1 Å². The summed E-state index contributed by atoms with van der Waals surface area (Å²) < 4.78 is 8.32. The summed E-state index contributed by atoms with van der Waals surface area (Å²) in [5, 5.41) is 2.83. The van der Waals surface area contributed by atoms with Crippen LogP contribution in [0.1, 0.15) is 10.4 Å². The Hall–Kier alpha value is -3.66. The van der Waals surface area contributed by atoms with Gasteiger partial charge in [0.2, 0.25) is 5.95 Å². The van der Waals surface area contributed by atoms with Crippen molar-refractivity contribution in [3.63, 3.8) is 0 Å². The van der Waals surface area contributed by atoms with E-state index in [9.17, 15) is 4.79 Å². The van der Waals surface area contributed by atoms with Crippen molar-refractivity contribution in [1.29, 1.82) is 0 Å². The molecule has 1 saturated heterocycles. The topological polar surface area (TPSA) is 100 Å². The van der Waals surface area contributed by atoms with Crippen LogP contribution in [0.25, 0.3) is 11.0 Å². The quantitative estimate of drug-likeness (QED) is 0.539. The molecule has 0 bridgehead atoms. The number of rotatable bonds is 4. The van der Waals surface area contributed by atoms with Crippen molar-refractivity contribution in [2.24, 2.45) is 0 Å². The fourth-order valence-electron chi connectivity index (χ4n) is 3.35. The number of nitrogens with one attached hydrogen (secondary N) is 1. The summed E-state index contributed by atoms with van der Waals surface area (Å²) in [5.74, 6) is 1.41. The van der Waals surface area contributed by atoms with Crippen molar-refractivity contribution < 1.29 is 4.79 Å². The molecule has 10 heteroatoms. The number of carbonyl (C=O) groups is 1. The molecule has 0 spiro atoms. The van der Waals surface area contributed by atoms with Crippen LogP contribution in [0, 0.1) is 0 Å². The number of benzene rings is 1. The van der Waals surface area contributed by atoms with Crippen LogP contribution in [0.4, 0.5) is 17.5 Å². The first kappa shape index (κ1) is 18.4. The molecule has 0 saturated carbocycles. The first-order valence-electron chi connectivity index (χ1n) is 9.53. The molecular formula is C20H18N8OS. The third-order valence-electron chi connectivity index (χ3n) is 4.95. The van der Waals surface area contributed by atoms with Crippen molar-refractivity contribution in [1.82, 2.24) is 23.7 Å². The Kier molecular flexibility index (Phi) is 4.89. The van der Waals surface area contributed by atoms with E-state index < -0.39 is 0 Å². The van der Waals surface area contributed by atoms with Gasteiger partial charge >= 0.3 is 0 Å². The lowest BCUT2D eigenvalue weighted by Crippen LogP contribution is -2.47. The highest BCUT2D eigenvalue weighted by Gasteiger charge is 2.20. The van der Waals surface area contributed by atoms with Crippen LogP contribution in [0.3, 0.4) is 0 Å². The van der Waals surface area contributed by atoms with E-state index in [1.165, 1.54) is 0 Å². The van der Waals surface area contributed by atoms with E-state index in [2.05, 4.69) is 38.8 Å². The van der Waals surface area contributed by atoms with Crippen molar-refractivity contribution in [2.75, 3.05) is 41.3 Å². The maximum absolute atomic E-state index is 12.5. The number of pyridine rings is 1. The highest BCUT2D eigenvalue weighted by atomic mass is 32.1. The molecule has 1 amide bonds. The summed E-state index contributed by atoms with van der Waals surface area (Å²) in [6, 6.07) is 11.2. The van der Waals surface area contributed by atoms with Gasteiger partial charge < -0.3 is 15.1 Å². The minimum Gasteiger partial charge on any atom is -0.353 e. The molecule has 150 valence electrons. The number of anilines is 3. The summed E-state index contributed by atoms with van der Waals surface area (Å²) in [6.45, 7) is 3.33. The number of amides is 1. The molecule has 4 aromatic rings. The van der Waals surface area contributed by atoms with Crippen LogP contribution >= 0.6 is 11.7 Å². The third kappa shape index (κ3) is 3.77. The van der Waals surface area contributed by atoms with E-state index >= 15 is 0 Å². The highest BCUT2D eigenvalue weighted by Crippen LogP contribution is 2.18. The normalized spacial score (nSPS) is 14.1. The average Bonchev–Trinajstić information content (AvgIpc) is 3.28. The van der Waals surface area contributed by atoms with Crippen LogP contribution in [-0.4, -0.2) is 55.8 Å². The van der Waals surface area contributed by atoms with Crippen molar-refractivity contribution in [3.8, 4) is 0 Å². The molecule has 0 radical (unpaired) electrons. The molecule has 1 aromatic carbocycles. The van der Waals surface area contributed by atoms with Crippen LogP contribution < -0.4 is 15.1 Å². The maximum atomic E-state index is 12.5. The molecule has 1 fully saturated rings. The Morgan fingerprint density at radius 2 is 1.67 bits per heavy atom. The van der Waals surface area contributed by atoms with Crippen LogP contribution in [0.15, 0.2) is 55.0 Å². The second-order valence-electron chi connectivity index (χ2n) is 6.86. The van der Waals surface area contributed by atoms with Gasteiger partial charge in [-0.15, -0.1) is 0 Å². The maximum Gasteiger partial charge on any atom is 0.255 e. The Balaban J connectivity index is 1.21. The minimum atomic E-state index is -0.231. The fourth-order valence-corrected chi connectivity index (χ4v) is 3.87. The zero-order valence-corrected chi connectivity index (χ0v) is 16.8. The molecule has 0 unspecified atom stereocenters. The highest BCUT2D eigenvalue weighted by molar-refractivity contribution is 7.00. The second kappa shape index (κ2) is 7.99. The third-order valence-corrected chi connectivity index (χ3v) is 5.50. The molecule has 1 aliphatic heterocycles. The zero-order valence-electron chi connectivity index (χ0n) is 16.0. The number of aromatic nitrogens is 5. The molecule has 30 heavy (non-hydrogen) atoms. The summed E-state index contributed by atoms with van der Waals surface area (Å²) in [7, 11) is 0. The van der Waals surface area contributed by atoms with Crippen molar-refractivity contribution in [2.45, 2.75) is 0 Å². The SMILES string of the molecule is O=C(Nc1cnc(N2CCN(c3ccccn3)CC2)nc1)c1ccc2nsnc2c1. The number of fused-ring (bicyclic) bond motifs is 1. The lowest BCUT2D eigenvalue weighted by atomic mass is 10.2. The van der Waals surface area contributed by atoms with Gasteiger partial charge in [-0.05, 0) is 30.3 Å². The first-order chi connectivity index (χ1) is 14.8. The summed E-state index contributed by atoms with van der Waals surface area (Å²) in [6.07, 6.45) is 5.08. The predicted octanol–water partition coefficient (Wildman–Crippen LogP) is 2.46. The number of hydrogen-bond acceptors (Lipinski definition) is 9. The van der Waals surface area contributed by atoms with Gasteiger partial charge in [-0.2, -0.15) is 8.75 Å². The summed E-state index contributed by atoms with van der Waals surface area (Å²) >= 11 is 1.13. The zero-order chi connectivity index (χ0) is 20.3. The van der Waals surface area contributed by atoms with Gasteiger partial charge in [0.1, 0.15) is 16.9 Å². The lowest BCUT2D eigenvalue weighted by molar-refractivity contribution is 0.102. The molecule has 0 atom stereocenters. The standard InChI is InChI=1S/C20H18N8OS/c29-19(14-4-5-16-17(11-14)26-30-25-16)24-15-12-22-20(23-13-15)28-9-7-27(8-10-28)18-3-1-2-6-21-18/h1-6,11-13H,7-10H2,(H,24,29). The smallest absolute Gasteiger partial charge is 0.255 e. The molecule has 0 aliphatic carbocycles. The van der Waals surface area contributed by atoms with Crippen molar-refractivity contribution in [3.05, 3.63) is 60.6 Å². The van der Waals surface area contributed by atoms with E-state index in [1.54, 1.807) is 30.6 Å². The second-order valence-corrected chi connectivity index (χ2v) is 7.38. The lowest BCUT2D eigenvalue weighted by Gasteiger charge is -2.35. The van der Waals surface area contributed by atoms with E-state index in [4.69, 9.17) is 0 Å². The fraction of sp³-hybridized carbons (Fsp3) is 0.200. The predicted molar refractivity (Wildman–Crippen MR) is 116 cm³/mol. The van der Waals surface area contributed by atoms with E-state index in [1.807, 2.05) is 24.4 Å². The molecular weight excluding hydrogens is 400 g/mol. The monoisotopic (exact) mass is 418 g/mol. The van der Waals surface area contributed by atoms with Gasteiger partial charge in [-0.3, -0.25) is 4.79 Å². The Morgan fingerprint density at radius 1 is 0.900 bits per heavy atom. The van der Waals surface area contributed by atoms with Gasteiger partial charge in [0.05, 0.1) is 29.8 Å². The van der Waals surface area contributed by atoms with Gasteiger partial charge in [0.15, 0.2) is 0 Å². The largest absolute Gasteiger partial charge is 0.353 e. The molecule has 1 aliphatic rings. The van der Waals surface area contributed by atoms with Crippen LogP contribution in [0.2, 0.25) is 0 Å². The van der Waals surface area contributed by atoms with E-state index in [0.29, 0.717) is 22.7 Å². The Labute approximate surface area is 176 Å². The van der Waals surface area contributed by atoms with Gasteiger partial charge in [-0.25, -0.2) is 15.0 Å².